The minimum absolute atomic E-state index is 0.269. The first-order valence-corrected chi connectivity index (χ1v) is 5.43. The summed E-state index contributed by atoms with van der Waals surface area (Å²) in [6, 6.07) is 4.61. The minimum Gasteiger partial charge on any atom is -0.398 e. The van der Waals surface area contributed by atoms with Crippen LogP contribution in [0.1, 0.15) is 25.8 Å². The number of nitrogens with zero attached hydrogens (tertiary/aromatic N) is 1. The molecule has 1 aromatic carbocycles. The van der Waals surface area contributed by atoms with Crippen LogP contribution < -0.4 is 5.73 Å². The lowest BCUT2D eigenvalue weighted by Gasteiger charge is -2.20. The van der Waals surface area contributed by atoms with Crippen molar-refractivity contribution in [3.63, 3.8) is 0 Å². The first kappa shape index (κ1) is 12.0. The third-order valence-electron chi connectivity index (χ3n) is 2.49. The van der Waals surface area contributed by atoms with Crippen molar-refractivity contribution in [2.45, 2.75) is 26.8 Å². The van der Waals surface area contributed by atoms with E-state index < -0.39 is 0 Å². The summed E-state index contributed by atoms with van der Waals surface area (Å²) in [5.74, 6) is -0.269. The van der Waals surface area contributed by atoms with E-state index in [0.29, 0.717) is 5.69 Å². The van der Waals surface area contributed by atoms with E-state index in [0.717, 1.165) is 31.6 Å². The normalized spacial score (nSPS) is 10.9. The maximum absolute atomic E-state index is 12.8. The van der Waals surface area contributed by atoms with Gasteiger partial charge >= 0.3 is 0 Å². The van der Waals surface area contributed by atoms with Crippen LogP contribution in [0.4, 0.5) is 10.1 Å². The number of nitrogen functional groups attached to an aromatic ring is 1. The van der Waals surface area contributed by atoms with Crippen molar-refractivity contribution >= 4 is 5.69 Å². The topological polar surface area (TPSA) is 29.3 Å². The van der Waals surface area contributed by atoms with Crippen molar-refractivity contribution in [3.05, 3.63) is 29.6 Å². The molecule has 0 aliphatic carbocycles. The molecule has 0 bridgehead atoms. The number of rotatable bonds is 5. The summed E-state index contributed by atoms with van der Waals surface area (Å²) in [6.07, 6.45) is 1.12. The van der Waals surface area contributed by atoms with E-state index in [9.17, 15) is 4.39 Å². The van der Waals surface area contributed by atoms with Crippen LogP contribution >= 0.6 is 0 Å². The minimum atomic E-state index is -0.269. The van der Waals surface area contributed by atoms with Crippen molar-refractivity contribution in [3.8, 4) is 0 Å². The Hall–Kier alpha value is -1.09. The van der Waals surface area contributed by atoms with Gasteiger partial charge in [-0.3, -0.25) is 4.90 Å². The Kier molecular flexibility index (Phi) is 4.56. The smallest absolute Gasteiger partial charge is 0.125 e. The van der Waals surface area contributed by atoms with Crippen molar-refractivity contribution in [2.75, 3.05) is 18.8 Å². The Morgan fingerprint density at radius 1 is 1.33 bits per heavy atom. The molecule has 2 nitrogen and oxygen atoms in total. The van der Waals surface area contributed by atoms with E-state index >= 15 is 0 Å². The third kappa shape index (κ3) is 3.51. The molecule has 0 radical (unpaired) electrons. The van der Waals surface area contributed by atoms with Gasteiger partial charge in [0, 0.05) is 12.2 Å². The Bertz CT molecular complexity index is 312. The molecule has 3 heteroatoms. The van der Waals surface area contributed by atoms with Gasteiger partial charge < -0.3 is 5.73 Å². The number of hydrogen-bond acceptors (Lipinski definition) is 2. The largest absolute Gasteiger partial charge is 0.398 e. The second kappa shape index (κ2) is 5.71. The summed E-state index contributed by atoms with van der Waals surface area (Å²) in [4.78, 5) is 2.30. The number of benzene rings is 1. The molecule has 2 N–H and O–H groups in total. The quantitative estimate of drug-likeness (QED) is 0.757. The zero-order chi connectivity index (χ0) is 11.3. The highest BCUT2D eigenvalue weighted by Crippen LogP contribution is 2.15. The maximum atomic E-state index is 12.8. The van der Waals surface area contributed by atoms with Crippen LogP contribution in [-0.2, 0) is 6.54 Å². The van der Waals surface area contributed by atoms with E-state index in [1.54, 1.807) is 6.07 Å². The van der Waals surface area contributed by atoms with Crippen LogP contribution in [0, 0.1) is 5.82 Å². The van der Waals surface area contributed by atoms with Crippen molar-refractivity contribution in [2.24, 2.45) is 0 Å². The molecule has 0 atom stereocenters. The van der Waals surface area contributed by atoms with E-state index in [1.165, 1.54) is 12.1 Å². The standard InChI is InChI=1S/C12H19FN2/c1-3-7-15(4-2)9-10-5-6-11(13)8-12(10)14/h5-6,8H,3-4,7,9,14H2,1-2H3. The fourth-order valence-corrected chi connectivity index (χ4v) is 1.62. The monoisotopic (exact) mass is 210 g/mol. The molecule has 0 aromatic heterocycles. The zero-order valence-electron chi connectivity index (χ0n) is 9.46. The maximum Gasteiger partial charge on any atom is 0.125 e. The van der Waals surface area contributed by atoms with Gasteiger partial charge in [0.15, 0.2) is 0 Å². The predicted octanol–water partition coefficient (Wildman–Crippen LogP) is 2.64. The molecule has 0 unspecified atom stereocenters. The zero-order valence-corrected chi connectivity index (χ0v) is 9.46. The highest BCUT2D eigenvalue weighted by Gasteiger charge is 2.05. The van der Waals surface area contributed by atoms with Gasteiger partial charge in [-0.05, 0) is 37.2 Å². The molecular weight excluding hydrogens is 191 g/mol. The summed E-state index contributed by atoms with van der Waals surface area (Å²) in [7, 11) is 0. The molecule has 1 aromatic rings. The Morgan fingerprint density at radius 2 is 2.07 bits per heavy atom. The first-order chi connectivity index (χ1) is 7.17. The molecule has 0 spiro atoms. The molecule has 0 aliphatic rings. The van der Waals surface area contributed by atoms with Gasteiger partial charge in [-0.1, -0.05) is 19.9 Å². The van der Waals surface area contributed by atoms with Crippen LogP contribution in [-0.4, -0.2) is 18.0 Å². The lowest BCUT2D eigenvalue weighted by Crippen LogP contribution is -2.24. The van der Waals surface area contributed by atoms with E-state index in [1.807, 2.05) is 0 Å². The lowest BCUT2D eigenvalue weighted by atomic mass is 10.1. The molecule has 0 saturated heterocycles. The molecule has 0 heterocycles. The van der Waals surface area contributed by atoms with E-state index in [2.05, 4.69) is 18.7 Å². The second-order valence-corrected chi connectivity index (χ2v) is 3.71. The highest BCUT2D eigenvalue weighted by molar-refractivity contribution is 5.46. The molecule has 0 amide bonds. The second-order valence-electron chi connectivity index (χ2n) is 3.71. The number of nitrogens with two attached hydrogens (primary N) is 1. The van der Waals surface area contributed by atoms with Gasteiger partial charge in [0.2, 0.25) is 0 Å². The molecule has 15 heavy (non-hydrogen) atoms. The highest BCUT2D eigenvalue weighted by atomic mass is 19.1. The summed E-state index contributed by atoms with van der Waals surface area (Å²) < 4.78 is 12.8. The van der Waals surface area contributed by atoms with Crippen LogP contribution in [0.15, 0.2) is 18.2 Å². The van der Waals surface area contributed by atoms with Gasteiger partial charge in [-0.25, -0.2) is 4.39 Å². The van der Waals surface area contributed by atoms with Gasteiger partial charge in [0.05, 0.1) is 0 Å². The van der Waals surface area contributed by atoms with Gasteiger partial charge in [-0.2, -0.15) is 0 Å². The Balaban J connectivity index is 2.70. The van der Waals surface area contributed by atoms with Crippen LogP contribution in [0.25, 0.3) is 0 Å². The Morgan fingerprint density at radius 3 is 2.60 bits per heavy atom. The fourth-order valence-electron chi connectivity index (χ4n) is 1.62. The van der Waals surface area contributed by atoms with Gasteiger partial charge in [-0.15, -0.1) is 0 Å². The van der Waals surface area contributed by atoms with Crippen molar-refractivity contribution in [1.29, 1.82) is 0 Å². The van der Waals surface area contributed by atoms with E-state index in [4.69, 9.17) is 5.73 Å². The average Bonchev–Trinajstić information content (AvgIpc) is 2.21. The number of halogens is 1. The summed E-state index contributed by atoms with van der Waals surface area (Å²) in [5.41, 5.74) is 7.31. The number of anilines is 1. The van der Waals surface area contributed by atoms with Crippen LogP contribution in [0.3, 0.4) is 0 Å². The summed E-state index contributed by atoms with van der Waals surface area (Å²) in [6.45, 7) is 7.11. The third-order valence-corrected chi connectivity index (χ3v) is 2.49. The van der Waals surface area contributed by atoms with Gasteiger partial charge in [0.1, 0.15) is 5.82 Å². The van der Waals surface area contributed by atoms with Crippen LogP contribution in [0.2, 0.25) is 0 Å². The molecule has 0 saturated carbocycles. The molecule has 84 valence electrons. The summed E-state index contributed by atoms with van der Waals surface area (Å²) >= 11 is 0. The molecular formula is C12H19FN2. The molecule has 0 aliphatic heterocycles. The fraction of sp³-hybridized carbons (Fsp3) is 0.500. The Labute approximate surface area is 90.9 Å². The van der Waals surface area contributed by atoms with Crippen molar-refractivity contribution in [1.82, 2.24) is 4.90 Å². The summed E-state index contributed by atoms with van der Waals surface area (Å²) in [5, 5.41) is 0. The SMILES string of the molecule is CCCN(CC)Cc1ccc(F)cc1N. The van der Waals surface area contributed by atoms with E-state index in [-0.39, 0.29) is 5.82 Å². The molecule has 0 fully saturated rings. The first-order valence-electron chi connectivity index (χ1n) is 5.43. The molecule has 1 rings (SSSR count). The van der Waals surface area contributed by atoms with Crippen molar-refractivity contribution < 1.29 is 4.39 Å². The van der Waals surface area contributed by atoms with Gasteiger partial charge in [0.25, 0.3) is 0 Å². The average molecular weight is 210 g/mol. The predicted molar refractivity (Wildman–Crippen MR) is 62.1 cm³/mol. The lowest BCUT2D eigenvalue weighted by molar-refractivity contribution is 0.281. The number of hydrogen-bond donors (Lipinski definition) is 1. The van der Waals surface area contributed by atoms with Crippen LogP contribution in [0.5, 0.6) is 0 Å².